The van der Waals surface area contributed by atoms with Crippen LogP contribution in [0.15, 0.2) is 36.4 Å². The van der Waals surface area contributed by atoms with Crippen LogP contribution in [0.1, 0.15) is 26.3 Å². The number of carbonyl (C=O) groups is 2. The van der Waals surface area contributed by atoms with Crippen molar-refractivity contribution in [3.63, 3.8) is 0 Å². The van der Waals surface area contributed by atoms with Gasteiger partial charge >= 0.3 is 5.97 Å². The molecule has 0 saturated heterocycles. The minimum atomic E-state index is -0.458. The van der Waals surface area contributed by atoms with Gasteiger partial charge in [-0.05, 0) is 48.9 Å². The van der Waals surface area contributed by atoms with Crippen LogP contribution >= 0.6 is 0 Å². The van der Waals surface area contributed by atoms with Gasteiger partial charge in [0.1, 0.15) is 11.6 Å². The number of benzene rings is 2. The van der Waals surface area contributed by atoms with E-state index in [-0.39, 0.29) is 18.2 Å². The predicted octanol–water partition coefficient (Wildman–Crippen LogP) is 2.92. The van der Waals surface area contributed by atoms with E-state index in [4.69, 9.17) is 4.74 Å². The van der Waals surface area contributed by atoms with Crippen LogP contribution in [0, 0.1) is 12.7 Å². The Bertz CT molecular complexity index is 786. The van der Waals surface area contributed by atoms with E-state index in [0.29, 0.717) is 22.6 Å². The highest BCUT2D eigenvalue weighted by atomic mass is 19.1. The molecule has 118 valence electrons. The normalized spacial score (nSPS) is 13.3. The summed E-state index contributed by atoms with van der Waals surface area (Å²) in [6.45, 7) is 1.63. The Morgan fingerprint density at radius 3 is 2.61 bits per heavy atom. The fourth-order valence-corrected chi connectivity index (χ4v) is 2.37. The molecule has 1 aliphatic rings. The SMILES string of the molecule is COC(=O)c1ccc(N2COc3cc(C)c(F)cc3C2=O)cc1. The molecule has 0 spiro atoms. The van der Waals surface area contributed by atoms with Crippen molar-refractivity contribution in [3.8, 4) is 5.75 Å². The molecule has 0 fully saturated rings. The number of rotatable bonds is 2. The van der Waals surface area contributed by atoms with Gasteiger partial charge in [-0.1, -0.05) is 0 Å². The summed E-state index contributed by atoms with van der Waals surface area (Å²) < 4.78 is 23.9. The summed E-state index contributed by atoms with van der Waals surface area (Å²) in [6.07, 6.45) is 0. The van der Waals surface area contributed by atoms with Gasteiger partial charge in [-0.2, -0.15) is 0 Å². The van der Waals surface area contributed by atoms with Gasteiger partial charge in [0.15, 0.2) is 6.73 Å². The highest BCUT2D eigenvalue weighted by Gasteiger charge is 2.28. The van der Waals surface area contributed by atoms with E-state index in [2.05, 4.69) is 4.74 Å². The Morgan fingerprint density at radius 2 is 1.96 bits per heavy atom. The molecule has 0 unspecified atom stereocenters. The minimum absolute atomic E-state index is 0.0223. The van der Waals surface area contributed by atoms with Crippen molar-refractivity contribution in [2.24, 2.45) is 0 Å². The molecule has 2 aromatic carbocycles. The minimum Gasteiger partial charge on any atom is -0.472 e. The van der Waals surface area contributed by atoms with Crippen molar-refractivity contribution in [2.45, 2.75) is 6.92 Å². The molecule has 0 atom stereocenters. The number of nitrogens with zero attached hydrogens (tertiary/aromatic N) is 1. The number of anilines is 1. The van der Waals surface area contributed by atoms with Crippen molar-refractivity contribution in [1.29, 1.82) is 0 Å². The number of methoxy groups -OCH3 is 1. The zero-order valence-corrected chi connectivity index (χ0v) is 12.6. The fourth-order valence-electron chi connectivity index (χ4n) is 2.37. The Kier molecular flexibility index (Phi) is 3.73. The summed E-state index contributed by atoms with van der Waals surface area (Å²) in [5, 5.41) is 0. The number of ether oxygens (including phenoxy) is 2. The highest BCUT2D eigenvalue weighted by Crippen LogP contribution is 2.30. The molecule has 0 aromatic heterocycles. The van der Waals surface area contributed by atoms with E-state index in [0.717, 1.165) is 0 Å². The summed E-state index contributed by atoms with van der Waals surface area (Å²) in [6, 6.07) is 9.04. The lowest BCUT2D eigenvalue weighted by Gasteiger charge is -2.29. The Hall–Kier alpha value is -2.89. The molecule has 1 aliphatic heterocycles. The largest absolute Gasteiger partial charge is 0.472 e. The molecule has 1 amide bonds. The van der Waals surface area contributed by atoms with E-state index >= 15 is 0 Å². The van der Waals surface area contributed by atoms with E-state index in [1.807, 2.05) is 0 Å². The van der Waals surface area contributed by atoms with Crippen molar-refractivity contribution in [2.75, 3.05) is 18.7 Å². The number of esters is 1. The zero-order chi connectivity index (χ0) is 16.6. The quantitative estimate of drug-likeness (QED) is 0.800. The first-order valence-electron chi connectivity index (χ1n) is 6.94. The standard InChI is InChI=1S/C17H14FNO4/c1-10-7-15-13(8-14(10)18)16(20)19(9-23-15)12-5-3-11(4-6-12)17(21)22-2/h3-8H,9H2,1-2H3. The molecule has 0 aliphatic carbocycles. The van der Waals surface area contributed by atoms with E-state index < -0.39 is 11.8 Å². The van der Waals surface area contributed by atoms with Gasteiger partial charge in [0.2, 0.25) is 0 Å². The maximum absolute atomic E-state index is 13.7. The molecule has 0 bridgehead atoms. The average Bonchev–Trinajstić information content (AvgIpc) is 2.56. The van der Waals surface area contributed by atoms with E-state index in [1.165, 1.54) is 24.1 Å². The Balaban J connectivity index is 1.91. The van der Waals surface area contributed by atoms with E-state index in [1.54, 1.807) is 31.2 Å². The lowest BCUT2D eigenvalue weighted by atomic mass is 10.1. The lowest BCUT2D eigenvalue weighted by Crippen LogP contribution is -2.38. The highest BCUT2D eigenvalue weighted by molar-refractivity contribution is 6.08. The van der Waals surface area contributed by atoms with Crippen LogP contribution in [0.25, 0.3) is 0 Å². The summed E-state index contributed by atoms with van der Waals surface area (Å²) >= 11 is 0. The monoisotopic (exact) mass is 315 g/mol. The summed E-state index contributed by atoms with van der Waals surface area (Å²) in [7, 11) is 1.30. The second-order valence-electron chi connectivity index (χ2n) is 5.14. The van der Waals surface area contributed by atoms with Crippen LogP contribution in [0.2, 0.25) is 0 Å². The third kappa shape index (κ3) is 2.63. The van der Waals surface area contributed by atoms with Crippen LogP contribution in [0.4, 0.5) is 10.1 Å². The van der Waals surface area contributed by atoms with Crippen molar-refractivity contribution >= 4 is 17.6 Å². The third-order valence-electron chi connectivity index (χ3n) is 3.69. The molecular formula is C17H14FNO4. The van der Waals surface area contributed by atoms with Gasteiger partial charge in [0, 0.05) is 5.69 Å². The average molecular weight is 315 g/mol. The number of amides is 1. The fraction of sp³-hybridized carbons (Fsp3) is 0.176. The summed E-state index contributed by atoms with van der Waals surface area (Å²) in [5.41, 5.74) is 1.53. The maximum atomic E-state index is 13.7. The molecule has 1 heterocycles. The smallest absolute Gasteiger partial charge is 0.337 e. The van der Waals surface area contributed by atoms with Crippen molar-refractivity contribution in [3.05, 3.63) is 58.9 Å². The Labute approximate surface area is 132 Å². The number of carbonyl (C=O) groups excluding carboxylic acids is 2. The maximum Gasteiger partial charge on any atom is 0.337 e. The van der Waals surface area contributed by atoms with Crippen LogP contribution in [-0.2, 0) is 4.74 Å². The molecule has 3 rings (SSSR count). The van der Waals surface area contributed by atoms with Crippen LogP contribution in [0.3, 0.4) is 0 Å². The van der Waals surface area contributed by atoms with Gasteiger partial charge in [-0.15, -0.1) is 0 Å². The van der Waals surface area contributed by atoms with Gasteiger partial charge in [0.25, 0.3) is 5.91 Å². The van der Waals surface area contributed by atoms with E-state index in [9.17, 15) is 14.0 Å². The van der Waals surface area contributed by atoms with Gasteiger partial charge < -0.3 is 9.47 Å². The molecule has 23 heavy (non-hydrogen) atoms. The van der Waals surface area contributed by atoms with Crippen LogP contribution in [0.5, 0.6) is 5.75 Å². The zero-order valence-electron chi connectivity index (χ0n) is 12.6. The number of halogens is 1. The number of hydrogen-bond donors (Lipinski definition) is 0. The first kappa shape index (κ1) is 15.0. The van der Waals surface area contributed by atoms with Gasteiger partial charge in [0.05, 0.1) is 18.2 Å². The number of fused-ring (bicyclic) bond motifs is 1. The summed E-state index contributed by atoms with van der Waals surface area (Å²) in [5.74, 6) is -0.892. The Morgan fingerprint density at radius 1 is 1.26 bits per heavy atom. The lowest BCUT2D eigenvalue weighted by molar-refractivity contribution is 0.0600. The second-order valence-corrected chi connectivity index (χ2v) is 5.14. The molecular weight excluding hydrogens is 301 g/mol. The molecule has 2 aromatic rings. The topological polar surface area (TPSA) is 55.8 Å². The van der Waals surface area contributed by atoms with Crippen molar-refractivity contribution < 1.29 is 23.5 Å². The van der Waals surface area contributed by atoms with Gasteiger partial charge in [-0.3, -0.25) is 9.69 Å². The van der Waals surface area contributed by atoms with Crippen LogP contribution in [-0.4, -0.2) is 25.7 Å². The molecule has 0 saturated carbocycles. The molecule has 6 heteroatoms. The second kappa shape index (κ2) is 5.72. The molecule has 0 radical (unpaired) electrons. The molecule has 0 N–H and O–H groups in total. The van der Waals surface area contributed by atoms with Gasteiger partial charge in [-0.25, -0.2) is 9.18 Å². The first-order chi connectivity index (χ1) is 11.0. The number of hydrogen-bond acceptors (Lipinski definition) is 4. The third-order valence-corrected chi connectivity index (χ3v) is 3.69. The molecule has 5 nitrogen and oxygen atoms in total. The number of aryl methyl sites for hydroxylation is 1. The predicted molar refractivity (Wildman–Crippen MR) is 81.2 cm³/mol. The van der Waals surface area contributed by atoms with Crippen molar-refractivity contribution in [1.82, 2.24) is 0 Å². The van der Waals surface area contributed by atoms with Crippen LogP contribution < -0.4 is 9.64 Å². The summed E-state index contributed by atoms with van der Waals surface area (Å²) in [4.78, 5) is 25.3. The first-order valence-corrected chi connectivity index (χ1v) is 6.94.